The maximum Gasteiger partial charge on any atom is 0.251 e. The number of nitrogens with one attached hydrogen (secondary N) is 1. The van der Waals surface area contributed by atoms with Crippen molar-refractivity contribution in [2.24, 2.45) is 5.92 Å². The van der Waals surface area contributed by atoms with Crippen molar-refractivity contribution in [2.75, 3.05) is 5.88 Å². The summed E-state index contributed by atoms with van der Waals surface area (Å²) < 4.78 is 38.8. The van der Waals surface area contributed by atoms with Crippen molar-refractivity contribution in [3.63, 3.8) is 0 Å². The van der Waals surface area contributed by atoms with Crippen molar-refractivity contribution < 1.29 is 18.0 Å². The standard InChI is InChI=1S/C13H15ClF3NO/c1-7(2)3-9(6-14)18-13(19)8-4-10(15)12(17)11(16)5-8/h4-5,7,9H,3,6H2,1-2H3,(H,18,19). The minimum atomic E-state index is -1.59. The van der Waals surface area contributed by atoms with Gasteiger partial charge in [0.25, 0.3) is 5.91 Å². The molecule has 1 N–H and O–H groups in total. The molecule has 2 nitrogen and oxygen atoms in total. The zero-order valence-electron chi connectivity index (χ0n) is 10.6. The zero-order chi connectivity index (χ0) is 14.6. The molecule has 0 aliphatic rings. The van der Waals surface area contributed by atoms with Crippen LogP contribution in [0.1, 0.15) is 30.6 Å². The van der Waals surface area contributed by atoms with Gasteiger partial charge in [-0.2, -0.15) is 0 Å². The van der Waals surface area contributed by atoms with Gasteiger partial charge in [-0.3, -0.25) is 4.79 Å². The summed E-state index contributed by atoms with van der Waals surface area (Å²) in [6.45, 7) is 3.92. The van der Waals surface area contributed by atoms with Gasteiger partial charge in [-0.1, -0.05) is 13.8 Å². The van der Waals surface area contributed by atoms with E-state index in [2.05, 4.69) is 5.32 Å². The summed E-state index contributed by atoms with van der Waals surface area (Å²) in [5.41, 5.74) is -0.268. The van der Waals surface area contributed by atoms with Gasteiger partial charge in [-0.05, 0) is 24.5 Å². The molecular weight excluding hydrogens is 279 g/mol. The van der Waals surface area contributed by atoms with Crippen molar-refractivity contribution >= 4 is 17.5 Å². The highest BCUT2D eigenvalue weighted by atomic mass is 35.5. The van der Waals surface area contributed by atoms with Gasteiger partial charge in [0.2, 0.25) is 0 Å². The second kappa shape index (κ2) is 6.80. The number of alkyl halides is 1. The van der Waals surface area contributed by atoms with E-state index in [0.29, 0.717) is 24.5 Å². The van der Waals surface area contributed by atoms with Crippen molar-refractivity contribution in [3.8, 4) is 0 Å². The SMILES string of the molecule is CC(C)CC(CCl)NC(=O)c1cc(F)c(F)c(F)c1. The molecule has 6 heteroatoms. The fourth-order valence-electron chi connectivity index (χ4n) is 1.68. The number of carbonyl (C=O) groups excluding carboxylic acids is 1. The number of amides is 1. The van der Waals surface area contributed by atoms with E-state index >= 15 is 0 Å². The quantitative estimate of drug-likeness (QED) is 0.653. The van der Waals surface area contributed by atoms with Crippen molar-refractivity contribution in [3.05, 3.63) is 35.1 Å². The molecule has 1 aromatic carbocycles. The van der Waals surface area contributed by atoms with Crippen LogP contribution in [0.25, 0.3) is 0 Å². The number of carbonyl (C=O) groups is 1. The van der Waals surface area contributed by atoms with Crippen LogP contribution in [-0.4, -0.2) is 17.8 Å². The van der Waals surface area contributed by atoms with E-state index in [1.54, 1.807) is 0 Å². The lowest BCUT2D eigenvalue weighted by atomic mass is 10.0. The normalized spacial score (nSPS) is 12.6. The molecule has 1 aromatic rings. The summed E-state index contributed by atoms with van der Waals surface area (Å²) in [5, 5.41) is 2.56. The Morgan fingerprint density at radius 2 is 1.79 bits per heavy atom. The van der Waals surface area contributed by atoms with Gasteiger partial charge in [0, 0.05) is 17.5 Å². The zero-order valence-corrected chi connectivity index (χ0v) is 11.4. The van der Waals surface area contributed by atoms with Crippen LogP contribution in [0, 0.1) is 23.4 Å². The Morgan fingerprint density at radius 1 is 1.26 bits per heavy atom. The lowest BCUT2D eigenvalue weighted by molar-refractivity contribution is 0.0935. The molecule has 0 aromatic heterocycles. The van der Waals surface area contributed by atoms with Gasteiger partial charge in [-0.25, -0.2) is 13.2 Å². The molecule has 1 unspecified atom stereocenters. The van der Waals surface area contributed by atoms with E-state index in [1.165, 1.54) is 0 Å². The maximum atomic E-state index is 13.0. The van der Waals surface area contributed by atoms with Crippen LogP contribution in [-0.2, 0) is 0 Å². The molecule has 0 spiro atoms. The first-order valence-corrected chi connectivity index (χ1v) is 6.40. The highest BCUT2D eigenvalue weighted by molar-refractivity contribution is 6.18. The molecular formula is C13H15ClF3NO. The van der Waals surface area contributed by atoms with Crippen LogP contribution >= 0.6 is 11.6 Å². The van der Waals surface area contributed by atoms with Gasteiger partial charge >= 0.3 is 0 Å². The van der Waals surface area contributed by atoms with E-state index in [-0.39, 0.29) is 17.5 Å². The minimum absolute atomic E-state index is 0.191. The average Bonchev–Trinajstić information content (AvgIpc) is 2.33. The summed E-state index contributed by atoms with van der Waals surface area (Å²) in [4.78, 5) is 11.8. The highest BCUT2D eigenvalue weighted by Gasteiger charge is 2.18. The third kappa shape index (κ3) is 4.42. The second-order valence-corrected chi connectivity index (χ2v) is 5.02. The predicted molar refractivity (Wildman–Crippen MR) is 67.7 cm³/mol. The fourth-order valence-corrected chi connectivity index (χ4v) is 1.89. The third-order valence-corrected chi connectivity index (χ3v) is 2.90. The monoisotopic (exact) mass is 293 g/mol. The van der Waals surface area contributed by atoms with Gasteiger partial charge in [0.1, 0.15) is 0 Å². The Kier molecular flexibility index (Phi) is 5.66. The molecule has 0 fully saturated rings. The van der Waals surface area contributed by atoms with E-state index in [9.17, 15) is 18.0 Å². The van der Waals surface area contributed by atoms with Crippen LogP contribution in [0.15, 0.2) is 12.1 Å². The molecule has 0 bridgehead atoms. The number of rotatable bonds is 5. The molecule has 0 aliphatic carbocycles. The summed E-state index contributed by atoms with van der Waals surface area (Å²) >= 11 is 5.71. The Balaban J connectivity index is 2.83. The third-order valence-electron chi connectivity index (χ3n) is 2.52. The number of hydrogen-bond acceptors (Lipinski definition) is 1. The maximum absolute atomic E-state index is 13.0. The largest absolute Gasteiger partial charge is 0.348 e. The molecule has 0 saturated carbocycles. The number of benzene rings is 1. The van der Waals surface area contributed by atoms with E-state index in [1.807, 2.05) is 13.8 Å². The average molecular weight is 294 g/mol. The first-order chi connectivity index (χ1) is 8.85. The van der Waals surface area contributed by atoms with Crippen LogP contribution in [0.2, 0.25) is 0 Å². The lowest BCUT2D eigenvalue weighted by Gasteiger charge is -2.18. The lowest BCUT2D eigenvalue weighted by Crippen LogP contribution is -2.37. The first kappa shape index (κ1) is 15.8. The second-order valence-electron chi connectivity index (χ2n) is 4.71. The molecule has 0 aliphatic heterocycles. The highest BCUT2D eigenvalue weighted by Crippen LogP contribution is 2.14. The first-order valence-electron chi connectivity index (χ1n) is 5.86. The van der Waals surface area contributed by atoms with Gasteiger partial charge in [0.05, 0.1) is 0 Å². The van der Waals surface area contributed by atoms with Crippen molar-refractivity contribution in [2.45, 2.75) is 26.3 Å². The summed E-state index contributed by atoms with van der Waals surface area (Å²) in [6, 6.07) is 1.02. The number of hydrogen-bond donors (Lipinski definition) is 1. The number of halogens is 4. The predicted octanol–water partition coefficient (Wildman–Crippen LogP) is 3.49. The Morgan fingerprint density at radius 3 is 2.21 bits per heavy atom. The topological polar surface area (TPSA) is 29.1 Å². The molecule has 1 atom stereocenters. The van der Waals surface area contributed by atoms with Crippen LogP contribution in [0.5, 0.6) is 0 Å². The Bertz CT molecular complexity index is 442. The van der Waals surface area contributed by atoms with E-state index in [0.717, 1.165) is 0 Å². The molecule has 1 rings (SSSR count). The van der Waals surface area contributed by atoms with Crippen LogP contribution in [0.3, 0.4) is 0 Å². The smallest absolute Gasteiger partial charge is 0.251 e. The van der Waals surface area contributed by atoms with Gasteiger partial charge in [0.15, 0.2) is 17.5 Å². The molecule has 0 radical (unpaired) electrons. The van der Waals surface area contributed by atoms with E-state index in [4.69, 9.17) is 11.6 Å². The molecule has 106 valence electrons. The summed E-state index contributed by atoms with van der Waals surface area (Å²) in [6.07, 6.45) is 0.640. The Hall–Kier alpha value is -1.23. The fraction of sp³-hybridized carbons (Fsp3) is 0.462. The van der Waals surface area contributed by atoms with Crippen LogP contribution < -0.4 is 5.32 Å². The molecule has 0 heterocycles. The van der Waals surface area contributed by atoms with Gasteiger partial charge in [-0.15, -0.1) is 11.6 Å². The van der Waals surface area contributed by atoms with E-state index < -0.39 is 23.4 Å². The minimum Gasteiger partial charge on any atom is -0.348 e. The van der Waals surface area contributed by atoms with Gasteiger partial charge < -0.3 is 5.32 Å². The Labute approximate surface area is 114 Å². The molecule has 1 amide bonds. The summed E-state index contributed by atoms with van der Waals surface area (Å²) in [5.74, 6) is -4.55. The molecule has 0 saturated heterocycles. The van der Waals surface area contributed by atoms with Crippen molar-refractivity contribution in [1.29, 1.82) is 0 Å². The summed E-state index contributed by atoms with van der Waals surface area (Å²) in [7, 11) is 0. The van der Waals surface area contributed by atoms with Crippen LogP contribution in [0.4, 0.5) is 13.2 Å². The molecule has 19 heavy (non-hydrogen) atoms. The van der Waals surface area contributed by atoms with Crippen molar-refractivity contribution in [1.82, 2.24) is 5.32 Å².